The van der Waals surface area contributed by atoms with Crippen LogP contribution in [0.5, 0.6) is 0 Å². The minimum atomic E-state index is -2.27. The second kappa shape index (κ2) is 7.18. The molecule has 2 nitrogen and oxygen atoms in total. The van der Waals surface area contributed by atoms with Gasteiger partial charge in [0.1, 0.15) is 18.2 Å². The lowest BCUT2D eigenvalue weighted by molar-refractivity contribution is -0.633. The lowest BCUT2D eigenvalue weighted by Gasteiger charge is -2.12. The highest BCUT2D eigenvalue weighted by atomic mass is 16.3. The molecule has 0 aliphatic carbocycles. The zero-order valence-electron chi connectivity index (χ0n) is 23.3. The molecule has 0 atom stereocenters. The van der Waals surface area contributed by atoms with Gasteiger partial charge >= 0.3 is 0 Å². The maximum absolute atomic E-state index is 8.62. The molecule has 0 saturated heterocycles. The van der Waals surface area contributed by atoms with E-state index in [0.717, 1.165) is 54.9 Å². The average molecular weight is 435 g/mol. The second-order valence-electron chi connectivity index (χ2n) is 9.08. The molecule has 4 aromatic carbocycles. The van der Waals surface area contributed by atoms with Gasteiger partial charge in [-0.1, -0.05) is 56.3 Å². The molecular weight excluding hydrogens is 402 g/mol. The summed E-state index contributed by atoms with van der Waals surface area (Å²) in [5.74, 6) is -0.752. The maximum Gasteiger partial charge on any atom is 0.216 e. The number of nitrogens with zero attached hydrogens (tertiary/aromatic N) is 1. The molecule has 0 saturated carbocycles. The third-order valence-electron chi connectivity index (χ3n) is 6.92. The number of benzene rings is 4. The van der Waals surface area contributed by atoms with Crippen LogP contribution in [0.1, 0.15) is 41.9 Å². The van der Waals surface area contributed by atoms with Gasteiger partial charge in [-0.2, -0.15) is 4.57 Å². The number of pyridine rings is 1. The number of fused-ring (bicyclic) bond motifs is 6. The van der Waals surface area contributed by atoms with Crippen molar-refractivity contribution in [3.63, 3.8) is 0 Å². The molecule has 6 rings (SSSR count). The topological polar surface area (TPSA) is 17.0 Å². The van der Waals surface area contributed by atoms with E-state index in [1.54, 1.807) is 6.07 Å². The van der Waals surface area contributed by atoms with Crippen LogP contribution in [0.25, 0.3) is 54.9 Å². The highest BCUT2D eigenvalue weighted by molar-refractivity contribution is 6.17. The van der Waals surface area contributed by atoms with E-state index in [0.29, 0.717) is 16.7 Å². The molecular formula is C31H28NO+. The zero-order valence-corrected chi connectivity index (χ0v) is 19.3. The Morgan fingerprint density at radius 1 is 0.848 bits per heavy atom. The molecule has 0 bridgehead atoms. The third kappa shape index (κ3) is 2.83. The van der Waals surface area contributed by atoms with Crippen LogP contribution in [0.15, 0.2) is 77.2 Å². The van der Waals surface area contributed by atoms with Crippen molar-refractivity contribution in [2.75, 3.05) is 0 Å². The number of aryl methyl sites for hydroxylation is 2. The summed E-state index contributed by atoms with van der Waals surface area (Å²) in [7, 11) is 1.99. The van der Waals surface area contributed by atoms with Gasteiger partial charge in [0.15, 0.2) is 0 Å². The summed E-state index contributed by atoms with van der Waals surface area (Å²) in [4.78, 5) is 0. The van der Waals surface area contributed by atoms with Crippen molar-refractivity contribution in [1.82, 2.24) is 0 Å². The van der Waals surface area contributed by atoms with Gasteiger partial charge in [0, 0.05) is 39.2 Å². The summed E-state index contributed by atoms with van der Waals surface area (Å²) in [6, 6.07) is 24.0. The van der Waals surface area contributed by atoms with Crippen LogP contribution in [0.2, 0.25) is 0 Å². The first-order valence-electron chi connectivity index (χ1n) is 13.3. The summed E-state index contributed by atoms with van der Waals surface area (Å²) in [6.07, 6.45) is 0. The van der Waals surface area contributed by atoms with Crippen LogP contribution in [0.3, 0.4) is 0 Å². The first kappa shape index (κ1) is 16.0. The quantitative estimate of drug-likeness (QED) is 0.251. The number of furan rings is 1. The molecule has 33 heavy (non-hydrogen) atoms. The van der Waals surface area contributed by atoms with E-state index in [-0.39, 0.29) is 0 Å². The van der Waals surface area contributed by atoms with Crippen LogP contribution in [-0.4, -0.2) is 0 Å². The Balaban J connectivity index is 1.77. The van der Waals surface area contributed by atoms with E-state index in [4.69, 9.17) is 9.90 Å². The summed E-state index contributed by atoms with van der Waals surface area (Å²) in [5, 5.41) is 4.78. The largest absolute Gasteiger partial charge is 0.454 e. The van der Waals surface area contributed by atoms with Crippen LogP contribution < -0.4 is 4.57 Å². The fourth-order valence-electron chi connectivity index (χ4n) is 5.15. The molecule has 0 radical (unpaired) electrons. The monoisotopic (exact) mass is 434 g/mol. The Labute approximate surface area is 199 Å². The Morgan fingerprint density at radius 3 is 2.48 bits per heavy atom. The molecule has 0 amide bonds. The normalized spacial score (nSPS) is 14.5. The molecule has 0 unspecified atom stereocenters. The standard InChI is InChI=1S/C31H28NO/c1-18(2)22-11-8-12-27-24(22)15-16-28(32(27)5)29-20(4)19(3)17-26-25-14-13-21-9-6-7-10-23(21)30(25)33-31(26)29/h6-18H,1-5H3/q+1/i3D3,18D. The van der Waals surface area contributed by atoms with E-state index in [9.17, 15) is 0 Å². The van der Waals surface area contributed by atoms with Gasteiger partial charge in [-0.3, -0.25) is 0 Å². The smallest absolute Gasteiger partial charge is 0.216 e. The minimum absolute atomic E-state index is 0.326. The summed E-state index contributed by atoms with van der Waals surface area (Å²) in [6.45, 7) is 3.38. The summed E-state index contributed by atoms with van der Waals surface area (Å²) in [5.41, 5.74) is 6.02. The van der Waals surface area contributed by atoms with Gasteiger partial charge in [-0.05, 0) is 59.9 Å². The molecule has 0 aliphatic heterocycles. The van der Waals surface area contributed by atoms with Crippen molar-refractivity contribution in [2.45, 2.75) is 33.5 Å². The molecule has 2 heterocycles. The molecule has 6 aromatic rings. The minimum Gasteiger partial charge on any atom is -0.454 e. The van der Waals surface area contributed by atoms with E-state index >= 15 is 0 Å². The van der Waals surface area contributed by atoms with Crippen molar-refractivity contribution in [3.8, 4) is 11.3 Å². The van der Waals surface area contributed by atoms with Crippen molar-refractivity contribution >= 4 is 43.6 Å². The number of hydrogen-bond donors (Lipinski definition) is 0. The number of hydrogen-bond acceptors (Lipinski definition) is 1. The molecule has 0 spiro atoms. The summed E-state index contributed by atoms with van der Waals surface area (Å²) < 4.78 is 42.2. The van der Waals surface area contributed by atoms with Crippen LogP contribution in [-0.2, 0) is 7.05 Å². The zero-order chi connectivity index (χ0) is 26.3. The van der Waals surface area contributed by atoms with E-state index in [1.807, 2.05) is 82.4 Å². The second-order valence-corrected chi connectivity index (χ2v) is 9.08. The van der Waals surface area contributed by atoms with E-state index in [1.165, 1.54) is 0 Å². The molecule has 162 valence electrons. The van der Waals surface area contributed by atoms with Gasteiger partial charge in [-0.15, -0.1) is 0 Å². The van der Waals surface area contributed by atoms with Crippen molar-refractivity contribution < 1.29 is 14.5 Å². The van der Waals surface area contributed by atoms with Crippen molar-refractivity contribution in [2.24, 2.45) is 7.05 Å². The van der Waals surface area contributed by atoms with Crippen molar-refractivity contribution in [1.29, 1.82) is 0 Å². The van der Waals surface area contributed by atoms with Crippen LogP contribution in [0, 0.1) is 13.8 Å². The van der Waals surface area contributed by atoms with E-state index in [2.05, 4.69) is 16.7 Å². The highest BCUT2D eigenvalue weighted by Crippen LogP contribution is 2.41. The fourth-order valence-corrected chi connectivity index (χ4v) is 5.15. The number of rotatable bonds is 2. The number of aromatic nitrogens is 1. The summed E-state index contributed by atoms with van der Waals surface area (Å²) >= 11 is 0. The Hall–Kier alpha value is -3.65. The van der Waals surface area contributed by atoms with Crippen LogP contribution >= 0.6 is 0 Å². The van der Waals surface area contributed by atoms with Crippen molar-refractivity contribution in [3.05, 3.63) is 89.5 Å². The Morgan fingerprint density at radius 2 is 1.67 bits per heavy atom. The molecule has 0 aliphatic rings. The Kier molecular flexibility index (Phi) is 3.49. The van der Waals surface area contributed by atoms with Gasteiger partial charge in [0.05, 0.1) is 5.56 Å². The van der Waals surface area contributed by atoms with Gasteiger partial charge in [0.25, 0.3) is 0 Å². The SMILES string of the molecule is [2H]C([2H])([2H])c1cc2c(oc3c4ccccc4ccc23)c(-c2ccc3c(C([2H])(C)C)cccc3[n+]2C)c1C. The molecule has 0 N–H and O–H groups in total. The highest BCUT2D eigenvalue weighted by Gasteiger charge is 2.24. The van der Waals surface area contributed by atoms with Gasteiger partial charge in [0.2, 0.25) is 11.2 Å². The predicted octanol–water partition coefficient (Wildman–Crippen LogP) is 8.12. The maximum atomic E-state index is 8.62. The first-order chi connectivity index (χ1) is 17.5. The lowest BCUT2D eigenvalue weighted by Crippen LogP contribution is -2.32. The first-order valence-corrected chi connectivity index (χ1v) is 11.3. The van der Waals surface area contributed by atoms with Gasteiger partial charge in [-0.25, -0.2) is 0 Å². The third-order valence-corrected chi connectivity index (χ3v) is 6.92. The Bertz CT molecular complexity index is 1870. The average Bonchev–Trinajstić information content (AvgIpc) is 3.22. The van der Waals surface area contributed by atoms with Crippen LogP contribution in [0.4, 0.5) is 0 Å². The van der Waals surface area contributed by atoms with E-state index < -0.39 is 12.7 Å². The molecule has 2 heteroatoms. The predicted molar refractivity (Wildman–Crippen MR) is 139 cm³/mol. The van der Waals surface area contributed by atoms with Gasteiger partial charge < -0.3 is 4.42 Å². The molecule has 2 aromatic heterocycles. The lowest BCUT2D eigenvalue weighted by atomic mass is 9.94. The molecule has 0 fully saturated rings. The fraction of sp³-hybridized carbons (Fsp3) is 0.194.